The van der Waals surface area contributed by atoms with Gasteiger partial charge >= 0.3 is 0 Å². The van der Waals surface area contributed by atoms with Crippen LogP contribution < -0.4 is 0 Å². The number of likely N-dealkylation sites (N-methyl/N-ethyl adjacent to an activating group) is 1. The Kier molecular flexibility index (Phi) is 1.69. The Morgan fingerprint density at radius 2 is 2.38 bits per heavy atom. The lowest BCUT2D eigenvalue weighted by Gasteiger charge is -2.01. The Morgan fingerprint density at radius 3 is 2.62 bits per heavy atom. The van der Waals surface area contributed by atoms with Crippen molar-refractivity contribution in [1.82, 2.24) is 4.90 Å². The van der Waals surface area contributed by atoms with E-state index in [1.165, 1.54) is 19.5 Å². The van der Waals surface area contributed by atoms with Crippen molar-refractivity contribution in [3.05, 3.63) is 11.6 Å². The van der Waals surface area contributed by atoms with E-state index < -0.39 is 0 Å². The summed E-state index contributed by atoms with van der Waals surface area (Å²) in [6, 6.07) is 0. The maximum atomic E-state index is 2.34. The minimum Gasteiger partial charge on any atom is -0.302 e. The number of likely N-dealkylation sites (tertiary alicyclic amines) is 1. The van der Waals surface area contributed by atoms with Crippen LogP contribution in [0.25, 0.3) is 0 Å². The van der Waals surface area contributed by atoms with E-state index in [9.17, 15) is 0 Å². The van der Waals surface area contributed by atoms with Gasteiger partial charge in [0.05, 0.1) is 0 Å². The molecule has 0 aromatic carbocycles. The number of hydrogen-bond donors (Lipinski definition) is 0. The second-order valence-corrected chi connectivity index (χ2v) is 2.43. The monoisotopic (exact) mass is 111 g/mol. The fourth-order valence-corrected chi connectivity index (χ4v) is 1.07. The van der Waals surface area contributed by atoms with Crippen molar-refractivity contribution in [3.8, 4) is 0 Å². The van der Waals surface area contributed by atoms with Crippen LogP contribution in [-0.4, -0.2) is 25.0 Å². The molecule has 0 bridgehead atoms. The van der Waals surface area contributed by atoms with Crippen molar-refractivity contribution in [2.45, 2.75) is 13.3 Å². The van der Waals surface area contributed by atoms with Crippen LogP contribution in [0.1, 0.15) is 13.3 Å². The maximum Gasteiger partial charge on any atom is 0.0190 e. The third-order valence-corrected chi connectivity index (χ3v) is 1.70. The average Bonchev–Trinajstić information content (AvgIpc) is 2.14. The molecule has 1 aliphatic rings. The van der Waals surface area contributed by atoms with E-state index in [4.69, 9.17) is 0 Å². The second kappa shape index (κ2) is 2.31. The molecule has 0 amide bonds. The van der Waals surface area contributed by atoms with Gasteiger partial charge in [-0.3, -0.25) is 0 Å². The van der Waals surface area contributed by atoms with E-state index in [0.717, 1.165) is 0 Å². The average molecular weight is 111 g/mol. The fourth-order valence-electron chi connectivity index (χ4n) is 1.07. The number of allylic oxidation sites excluding steroid dienone is 1. The molecular weight excluding hydrogens is 98.1 g/mol. The highest BCUT2D eigenvalue weighted by atomic mass is 15.1. The molecule has 0 spiro atoms. The number of hydrogen-bond acceptors (Lipinski definition) is 1. The van der Waals surface area contributed by atoms with Crippen LogP contribution in [0.5, 0.6) is 0 Å². The van der Waals surface area contributed by atoms with E-state index in [2.05, 4.69) is 24.9 Å². The van der Waals surface area contributed by atoms with Crippen molar-refractivity contribution in [2.24, 2.45) is 0 Å². The minimum atomic E-state index is 1.19. The Bertz CT molecular complexity index is 105. The van der Waals surface area contributed by atoms with Gasteiger partial charge in [-0.1, -0.05) is 11.6 Å². The van der Waals surface area contributed by atoms with Gasteiger partial charge in [-0.15, -0.1) is 0 Å². The fraction of sp³-hybridized carbons (Fsp3) is 0.714. The van der Waals surface area contributed by atoms with Gasteiger partial charge in [0.15, 0.2) is 0 Å². The third-order valence-electron chi connectivity index (χ3n) is 1.70. The molecule has 1 rings (SSSR count). The molecule has 1 fully saturated rings. The van der Waals surface area contributed by atoms with Gasteiger partial charge in [-0.2, -0.15) is 0 Å². The lowest BCUT2D eigenvalue weighted by molar-refractivity contribution is 0.425. The summed E-state index contributed by atoms with van der Waals surface area (Å²) in [4.78, 5) is 2.34. The molecule has 0 aromatic heterocycles. The highest BCUT2D eigenvalue weighted by molar-refractivity contribution is 5.07. The van der Waals surface area contributed by atoms with Gasteiger partial charge in [0.1, 0.15) is 0 Å². The molecule has 0 aromatic rings. The predicted molar refractivity (Wildman–Crippen MR) is 35.9 cm³/mol. The lowest BCUT2D eigenvalue weighted by Crippen LogP contribution is -2.11. The van der Waals surface area contributed by atoms with Crippen LogP contribution in [0, 0.1) is 0 Å². The molecular formula is C7H13N. The molecule has 1 nitrogen and oxygen atoms in total. The summed E-state index contributed by atoms with van der Waals surface area (Å²) in [5.74, 6) is 0. The summed E-state index contributed by atoms with van der Waals surface area (Å²) in [5.41, 5.74) is 1.59. The van der Waals surface area contributed by atoms with Crippen molar-refractivity contribution in [1.29, 1.82) is 0 Å². The topological polar surface area (TPSA) is 3.24 Å². The largest absolute Gasteiger partial charge is 0.302 e. The lowest BCUT2D eigenvalue weighted by atomic mass is 10.2. The van der Waals surface area contributed by atoms with E-state index in [1.54, 1.807) is 5.57 Å². The van der Waals surface area contributed by atoms with Crippen LogP contribution in [0.4, 0.5) is 0 Å². The molecule has 8 heavy (non-hydrogen) atoms. The summed E-state index contributed by atoms with van der Waals surface area (Å²) >= 11 is 0. The molecule has 0 N–H and O–H groups in total. The zero-order valence-corrected chi connectivity index (χ0v) is 5.65. The molecule has 0 radical (unpaired) electrons. The number of nitrogens with zero attached hydrogens (tertiary/aromatic N) is 1. The first-order valence-electron chi connectivity index (χ1n) is 3.15. The van der Waals surface area contributed by atoms with Crippen LogP contribution in [0.3, 0.4) is 0 Å². The Hall–Kier alpha value is -0.300. The summed E-state index contributed by atoms with van der Waals surface area (Å²) < 4.78 is 0. The highest BCUT2D eigenvalue weighted by Gasteiger charge is 2.09. The zero-order valence-electron chi connectivity index (χ0n) is 5.65. The van der Waals surface area contributed by atoms with Crippen molar-refractivity contribution in [3.63, 3.8) is 0 Å². The standard InChI is InChI=1S/C7H13N/c1-3-7-4-5-8(2)6-7/h3H,4-6H2,1-2H3/b7-3-. The maximum absolute atomic E-state index is 2.34. The first-order valence-corrected chi connectivity index (χ1v) is 3.15. The van der Waals surface area contributed by atoms with Crippen LogP contribution in [-0.2, 0) is 0 Å². The van der Waals surface area contributed by atoms with Gasteiger partial charge in [-0.05, 0) is 20.4 Å². The summed E-state index contributed by atoms with van der Waals surface area (Å²) in [6.07, 6.45) is 3.51. The Balaban J connectivity index is 2.44. The third kappa shape index (κ3) is 1.10. The number of rotatable bonds is 0. The molecule has 1 aliphatic heterocycles. The Morgan fingerprint density at radius 1 is 1.62 bits per heavy atom. The molecule has 0 saturated carbocycles. The molecule has 0 aliphatic carbocycles. The summed E-state index contributed by atoms with van der Waals surface area (Å²) in [7, 11) is 2.16. The highest BCUT2D eigenvalue weighted by Crippen LogP contribution is 2.11. The molecule has 0 atom stereocenters. The zero-order chi connectivity index (χ0) is 5.98. The van der Waals surface area contributed by atoms with Gasteiger partial charge in [0, 0.05) is 13.1 Å². The van der Waals surface area contributed by atoms with Crippen molar-refractivity contribution < 1.29 is 0 Å². The SMILES string of the molecule is C/C=C1/CCN(C)C1. The van der Waals surface area contributed by atoms with Crippen LogP contribution >= 0.6 is 0 Å². The van der Waals surface area contributed by atoms with E-state index >= 15 is 0 Å². The van der Waals surface area contributed by atoms with Gasteiger partial charge in [0.25, 0.3) is 0 Å². The first-order chi connectivity index (χ1) is 3.83. The van der Waals surface area contributed by atoms with Crippen LogP contribution in [0.15, 0.2) is 11.6 Å². The van der Waals surface area contributed by atoms with E-state index in [1.807, 2.05) is 0 Å². The molecule has 1 heteroatoms. The van der Waals surface area contributed by atoms with Crippen molar-refractivity contribution >= 4 is 0 Å². The van der Waals surface area contributed by atoms with Crippen molar-refractivity contribution in [2.75, 3.05) is 20.1 Å². The molecule has 0 unspecified atom stereocenters. The van der Waals surface area contributed by atoms with Gasteiger partial charge < -0.3 is 4.90 Å². The predicted octanol–water partition coefficient (Wildman–Crippen LogP) is 1.27. The summed E-state index contributed by atoms with van der Waals surface area (Å²) in [6.45, 7) is 4.56. The second-order valence-electron chi connectivity index (χ2n) is 2.43. The first kappa shape index (κ1) is 5.83. The molecule has 46 valence electrons. The molecule has 1 heterocycles. The molecule has 1 saturated heterocycles. The van der Waals surface area contributed by atoms with Gasteiger partial charge in [0.2, 0.25) is 0 Å². The normalized spacial score (nSPS) is 27.5. The summed E-state index contributed by atoms with van der Waals surface area (Å²) in [5, 5.41) is 0. The smallest absolute Gasteiger partial charge is 0.0190 e. The van der Waals surface area contributed by atoms with E-state index in [-0.39, 0.29) is 0 Å². The quantitative estimate of drug-likeness (QED) is 0.425. The van der Waals surface area contributed by atoms with Crippen LogP contribution in [0.2, 0.25) is 0 Å². The van der Waals surface area contributed by atoms with E-state index in [0.29, 0.717) is 0 Å². The Labute approximate surface area is 51.0 Å². The minimum absolute atomic E-state index is 1.19. The van der Waals surface area contributed by atoms with Gasteiger partial charge in [-0.25, -0.2) is 0 Å².